The summed E-state index contributed by atoms with van der Waals surface area (Å²) in [4.78, 5) is 51.1. The van der Waals surface area contributed by atoms with Crippen molar-refractivity contribution < 1.29 is 36.7 Å². The Morgan fingerprint density at radius 1 is 1.05 bits per heavy atom. The summed E-state index contributed by atoms with van der Waals surface area (Å²) in [6, 6.07) is 9.77. The zero-order valence-corrected chi connectivity index (χ0v) is 36.0. The lowest BCUT2D eigenvalue weighted by atomic mass is 10.0. The number of allylic oxidation sites excluding steroid dienone is 2. The van der Waals surface area contributed by atoms with Crippen LogP contribution in [-0.4, -0.2) is 78.1 Å². The second-order valence-electron chi connectivity index (χ2n) is 16.4. The summed E-state index contributed by atoms with van der Waals surface area (Å²) in [5, 5.41) is 6.37. The number of halogens is 1. The van der Waals surface area contributed by atoms with Gasteiger partial charge < -0.3 is 25.4 Å². The predicted octanol–water partition coefficient (Wildman–Crippen LogP) is 7.00. The number of benzene rings is 2. The molecule has 5 atom stereocenters. The number of nitrogens with zero attached hydrogens (tertiary/aromatic N) is 3. The molecule has 3 amide bonds. The van der Waals surface area contributed by atoms with Gasteiger partial charge in [0.25, 0.3) is 0 Å². The molecule has 2 aromatic carbocycles. The second kappa shape index (κ2) is 18.3. The number of sulfonamides is 1. The normalized spacial score (nSPS) is 20.7. The van der Waals surface area contributed by atoms with Crippen LogP contribution < -0.4 is 25.2 Å². The van der Waals surface area contributed by atoms with E-state index in [-0.39, 0.29) is 36.6 Å². The summed E-state index contributed by atoms with van der Waals surface area (Å²) in [7, 11) is -1.94. The zero-order valence-electron chi connectivity index (χ0n) is 34.4. The first-order chi connectivity index (χ1) is 28.7. The van der Waals surface area contributed by atoms with Crippen LogP contribution in [0.3, 0.4) is 0 Å². The van der Waals surface area contributed by atoms with Crippen molar-refractivity contribution in [3.05, 3.63) is 77.1 Å². The number of aromatic nitrogens is 2. The maximum Gasteiger partial charge on any atom is 0.245 e. The molecule has 1 aliphatic heterocycles. The Morgan fingerprint density at radius 3 is 2.50 bits per heavy atom. The van der Waals surface area contributed by atoms with Gasteiger partial charge in [-0.1, -0.05) is 38.8 Å². The SMILES string of the molecule is COc1ccc2c(OC3C[C@@H](C(N)=O)N(C(=O)[C@H](CCCCC/C=C\[C@@H]4C[C@@H]4C(=O)NS(=O)(=O)C4CC4)Nc4ccc(F)cc4)C3)cc(-c3nc(C(C)C)cs3)nc2c1C. The number of carbonyl (C=O) groups is 3. The molecule has 0 bridgehead atoms. The van der Waals surface area contributed by atoms with E-state index < -0.39 is 51.1 Å². The number of fused-ring (bicyclic) bond motifs is 1. The smallest absolute Gasteiger partial charge is 0.245 e. The maximum atomic E-state index is 14.4. The van der Waals surface area contributed by atoms with E-state index in [0.29, 0.717) is 60.5 Å². The lowest BCUT2D eigenvalue weighted by Crippen LogP contribution is -2.49. The number of hydrogen-bond acceptors (Lipinski definition) is 11. The minimum Gasteiger partial charge on any atom is -0.496 e. The molecule has 3 heterocycles. The first-order valence-corrected chi connectivity index (χ1v) is 23.1. The van der Waals surface area contributed by atoms with Crippen LogP contribution in [0.4, 0.5) is 10.1 Å². The van der Waals surface area contributed by atoms with E-state index in [4.69, 9.17) is 25.2 Å². The van der Waals surface area contributed by atoms with Gasteiger partial charge in [0.05, 0.1) is 30.1 Å². The summed E-state index contributed by atoms with van der Waals surface area (Å²) < 4.78 is 52.6. The standard InChI is InChI=1S/C44H53FN6O7S2/c1-25(2)36-24-59-43(49-36)35-22-39(32-18-19-38(57-4)26(3)40(32)48-35)58-30-21-37(41(46)52)51(23-30)44(54)34(47-29-14-12-28(45)13-15-29)11-9-7-5-6-8-10-27-20-33(27)42(53)50-60(55,56)31-16-17-31/h8,10,12-15,18-19,22,24-25,27,30-31,33-34,37,47H,5-7,9,11,16-17,20-21,23H2,1-4H3,(H2,46,52)(H,50,53)/b10-8-/t27-,30?,33+,34+,37+/m1/s1. The van der Waals surface area contributed by atoms with Gasteiger partial charge in [0.1, 0.15) is 46.2 Å². The number of primary amides is 1. The number of anilines is 1. The summed E-state index contributed by atoms with van der Waals surface area (Å²) in [6.07, 6.45) is 9.03. The van der Waals surface area contributed by atoms with E-state index in [9.17, 15) is 27.2 Å². The van der Waals surface area contributed by atoms with Crippen molar-refractivity contribution in [3.63, 3.8) is 0 Å². The van der Waals surface area contributed by atoms with Crippen molar-refractivity contribution >= 4 is 55.7 Å². The highest BCUT2D eigenvalue weighted by Gasteiger charge is 2.45. The van der Waals surface area contributed by atoms with Gasteiger partial charge in [-0.3, -0.25) is 19.1 Å². The van der Waals surface area contributed by atoms with E-state index >= 15 is 0 Å². The Kier molecular flexibility index (Phi) is 13.1. The van der Waals surface area contributed by atoms with Gasteiger partial charge in [0, 0.05) is 40.4 Å². The lowest BCUT2D eigenvalue weighted by molar-refractivity contribution is -0.138. The van der Waals surface area contributed by atoms with Crippen molar-refractivity contribution in [2.45, 2.75) is 108 Å². The molecular weight excluding hydrogens is 808 g/mol. The fourth-order valence-electron chi connectivity index (χ4n) is 7.72. The molecule has 2 aromatic heterocycles. The molecule has 3 fully saturated rings. The number of ether oxygens (including phenoxy) is 2. The Bertz CT molecular complexity index is 2370. The molecule has 16 heteroatoms. The third-order valence-electron chi connectivity index (χ3n) is 11.5. The van der Waals surface area contributed by atoms with Gasteiger partial charge >= 0.3 is 0 Å². The summed E-state index contributed by atoms with van der Waals surface area (Å²) in [5.74, 6) is -0.559. The molecule has 1 saturated heterocycles. The maximum absolute atomic E-state index is 14.4. The molecule has 7 rings (SSSR count). The fourth-order valence-corrected chi connectivity index (χ4v) is 10.0. The fraction of sp³-hybridized carbons (Fsp3) is 0.477. The highest BCUT2D eigenvalue weighted by Crippen LogP contribution is 2.41. The number of unbranched alkanes of at least 4 members (excludes halogenated alkanes) is 3. The molecule has 2 aliphatic carbocycles. The molecule has 0 spiro atoms. The van der Waals surface area contributed by atoms with Crippen LogP contribution in [0, 0.1) is 24.6 Å². The molecule has 320 valence electrons. The van der Waals surface area contributed by atoms with Crippen LogP contribution >= 0.6 is 11.3 Å². The highest BCUT2D eigenvalue weighted by atomic mass is 32.2. The number of thiazole rings is 1. The third kappa shape index (κ3) is 10.1. The first kappa shape index (κ1) is 43.0. The van der Waals surface area contributed by atoms with Gasteiger partial charge in [-0.05, 0) is 93.7 Å². The summed E-state index contributed by atoms with van der Waals surface area (Å²) in [5.41, 5.74) is 9.65. The van der Waals surface area contributed by atoms with E-state index in [1.807, 2.05) is 42.7 Å². The molecule has 1 unspecified atom stereocenters. The van der Waals surface area contributed by atoms with Gasteiger partial charge in [-0.25, -0.2) is 22.8 Å². The third-order valence-corrected chi connectivity index (χ3v) is 14.2. The van der Waals surface area contributed by atoms with Crippen molar-refractivity contribution in [2.24, 2.45) is 17.6 Å². The average Bonchev–Trinajstić information content (AvgIpc) is 4.13. The Hall–Kier alpha value is -5.09. The number of pyridine rings is 1. The molecule has 3 aliphatic rings. The summed E-state index contributed by atoms with van der Waals surface area (Å²) >= 11 is 1.50. The molecule has 60 heavy (non-hydrogen) atoms. The molecular formula is C44H53FN6O7S2. The van der Waals surface area contributed by atoms with E-state index in [0.717, 1.165) is 40.9 Å². The molecule has 4 aromatic rings. The van der Waals surface area contributed by atoms with E-state index in [1.165, 1.54) is 28.4 Å². The topological polar surface area (TPSA) is 183 Å². The number of nitrogens with two attached hydrogens (primary N) is 1. The summed E-state index contributed by atoms with van der Waals surface area (Å²) in [6.45, 7) is 6.23. The van der Waals surface area contributed by atoms with Gasteiger partial charge in [-0.15, -0.1) is 11.3 Å². The minimum atomic E-state index is -3.55. The number of likely N-dealkylation sites (tertiary alicyclic amines) is 1. The molecule has 4 N–H and O–H groups in total. The average molecular weight is 861 g/mol. The molecule has 0 radical (unpaired) electrons. The van der Waals surface area contributed by atoms with E-state index in [1.54, 1.807) is 19.2 Å². The van der Waals surface area contributed by atoms with Crippen molar-refractivity contribution in [2.75, 3.05) is 19.0 Å². The first-order valence-electron chi connectivity index (χ1n) is 20.7. The Balaban J connectivity index is 1.02. The molecule has 13 nitrogen and oxygen atoms in total. The number of aryl methyl sites for hydroxylation is 1. The van der Waals surface area contributed by atoms with Gasteiger partial charge in [0.2, 0.25) is 27.7 Å². The number of carbonyl (C=O) groups excluding carboxylic acids is 3. The Morgan fingerprint density at radius 2 is 1.82 bits per heavy atom. The van der Waals surface area contributed by atoms with Crippen molar-refractivity contribution in [1.82, 2.24) is 19.6 Å². The second-order valence-corrected chi connectivity index (χ2v) is 19.2. The van der Waals surface area contributed by atoms with Crippen LogP contribution in [0.25, 0.3) is 21.6 Å². The predicted molar refractivity (Wildman–Crippen MR) is 230 cm³/mol. The van der Waals surface area contributed by atoms with Crippen molar-refractivity contribution in [3.8, 4) is 22.2 Å². The Labute approximate surface area is 354 Å². The van der Waals surface area contributed by atoms with Crippen LogP contribution in [0.1, 0.15) is 88.8 Å². The zero-order chi connectivity index (χ0) is 42.7. The lowest BCUT2D eigenvalue weighted by Gasteiger charge is -2.28. The number of rotatable bonds is 19. The van der Waals surface area contributed by atoms with E-state index in [2.05, 4.69) is 23.9 Å². The number of hydrogen-bond donors (Lipinski definition) is 3. The van der Waals surface area contributed by atoms with Crippen molar-refractivity contribution in [1.29, 1.82) is 0 Å². The van der Waals surface area contributed by atoms with Crippen LogP contribution in [0.5, 0.6) is 11.5 Å². The highest BCUT2D eigenvalue weighted by molar-refractivity contribution is 7.90. The largest absolute Gasteiger partial charge is 0.496 e. The monoisotopic (exact) mass is 860 g/mol. The van der Waals surface area contributed by atoms with Crippen LogP contribution in [-0.2, 0) is 24.4 Å². The van der Waals surface area contributed by atoms with Crippen LogP contribution in [0.15, 0.2) is 60.0 Å². The van der Waals surface area contributed by atoms with Gasteiger partial charge in [-0.2, -0.15) is 0 Å². The van der Waals surface area contributed by atoms with Crippen LogP contribution in [0.2, 0.25) is 0 Å². The molecule has 2 saturated carbocycles. The quantitative estimate of drug-likeness (QED) is 0.0656. The minimum absolute atomic E-state index is 0.0377. The number of amides is 3. The van der Waals surface area contributed by atoms with Gasteiger partial charge in [0.15, 0.2) is 0 Å². The number of nitrogens with one attached hydrogen (secondary N) is 2. The number of methoxy groups -OCH3 is 1.